The van der Waals surface area contributed by atoms with Crippen molar-refractivity contribution < 1.29 is 39.8 Å². The number of methoxy groups -OCH3 is 2. The second kappa shape index (κ2) is 12.7. The molecule has 1 aromatic heterocycles. The van der Waals surface area contributed by atoms with Gasteiger partial charge in [-0.2, -0.15) is 4.39 Å². The number of likely N-dealkylation sites (N-methyl/N-ethyl adjacent to an activating group) is 1. The summed E-state index contributed by atoms with van der Waals surface area (Å²) >= 11 is 6.32. The fraction of sp³-hybridized carbons (Fsp3) is 0.393. The third kappa shape index (κ3) is 6.60. The number of pyridine rings is 1. The number of benzene rings is 2. The van der Waals surface area contributed by atoms with Crippen molar-refractivity contribution in [3.05, 3.63) is 70.6 Å². The average Bonchev–Trinajstić information content (AvgIpc) is 3.36. The number of hydrogen-bond acceptors (Lipinski definition) is 7. The minimum Gasteiger partial charge on any atom is -0.497 e. The number of halogens is 6. The van der Waals surface area contributed by atoms with Gasteiger partial charge in [-0.1, -0.05) is 17.7 Å². The van der Waals surface area contributed by atoms with Crippen LogP contribution >= 0.6 is 11.6 Å². The van der Waals surface area contributed by atoms with Crippen LogP contribution in [0.1, 0.15) is 18.9 Å². The summed E-state index contributed by atoms with van der Waals surface area (Å²) in [7, 11) is -0.823. The number of anilines is 2. The van der Waals surface area contributed by atoms with Crippen molar-refractivity contribution in [3.8, 4) is 11.5 Å². The molecule has 0 spiro atoms. The van der Waals surface area contributed by atoms with Crippen molar-refractivity contribution in [2.45, 2.75) is 36.7 Å². The third-order valence-electron chi connectivity index (χ3n) is 7.54. The van der Waals surface area contributed by atoms with Gasteiger partial charge in [-0.3, -0.25) is 4.90 Å². The van der Waals surface area contributed by atoms with Gasteiger partial charge in [-0.05, 0) is 44.7 Å². The second-order valence-electron chi connectivity index (χ2n) is 10.3. The van der Waals surface area contributed by atoms with Gasteiger partial charge in [0, 0.05) is 36.3 Å². The number of rotatable bonds is 11. The maximum Gasteiger partial charge on any atom is 0.271 e. The Balaban J connectivity index is 1.77. The maximum atomic E-state index is 15.9. The summed E-state index contributed by atoms with van der Waals surface area (Å²) in [6.07, 6.45) is -2.19. The van der Waals surface area contributed by atoms with E-state index in [1.54, 1.807) is 6.92 Å². The summed E-state index contributed by atoms with van der Waals surface area (Å²) in [5.41, 5.74) is -0.628. The van der Waals surface area contributed by atoms with Crippen molar-refractivity contribution in [1.29, 1.82) is 0 Å². The standard InChI is InChI=1S/C28H30ClF5N4O4S/c1-28(36(2)15-22(31)32)10-11-37(16-28)20-13-19(30)27(26(34)25(20)29)43(39,40)38(24-7-5-6-23(33)35-24)14-17-8-9-18(41-3)12-21(17)42-4/h5-9,12-13,22H,10-11,14-16H2,1-4H3/t28-/m1/s1. The summed E-state index contributed by atoms with van der Waals surface area (Å²) in [6.45, 7) is 1.03. The molecule has 15 heteroatoms. The molecular formula is C28H30ClF5N4O4S. The fourth-order valence-corrected chi connectivity index (χ4v) is 6.83. The fourth-order valence-electron chi connectivity index (χ4n) is 5.00. The van der Waals surface area contributed by atoms with Gasteiger partial charge in [0.25, 0.3) is 16.4 Å². The first-order valence-electron chi connectivity index (χ1n) is 13.0. The lowest BCUT2D eigenvalue weighted by atomic mass is 10.00. The van der Waals surface area contributed by atoms with Crippen LogP contribution in [-0.4, -0.2) is 71.2 Å². The lowest BCUT2D eigenvalue weighted by Gasteiger charge is -2.35. The van der Waals surface area contributed by atoms with Crippen molar-refractivity contribution >= 4 is 33.1 Å². The first-order valence-corrected chi connectivity index (χ1v) is 14.8. The summed E-state index contributed by atoms with van der Waals surface area (Å²) in [4.78, 5) is 5.25. The number of ether oxygens (including phenoxy) is 2. The highest BCUT2D eigenvalue weighted by Crippen LogP contribution is 2.40. The maximum absolute atomic E-state index is 15.9. The molecule has 0 saturated carbocycles. The number of nitrogens with zero attached hydrogens (tertiary/aromatic N) is 4. The van der Waals surface area contributed by atoms with E-state index in [1.165, 1.54) is 61.4 Å². The first-order chi connectivity index (χ1) is 20.2. The number of hydrogen-bond donors (Lipinski definition) is 0. The predicted molar refractivity (Wildman–Crippen MR) is 152 cm³/mol. The molecule has 43 heavy (non-hydrogen) atoms. The minimum absolute atomic E-state index is 0.109. The molecule has 0 N–H and O–H groups in total. The molecule has 0 unspecified atom stereocenters. The quantitative estimate of drug-likeness (QED) is 0.149. The molecule has 8 nitrogen and oxygen atoms in total. The number of sulfonamides is 1. The van der Waals surface area contributed by atoms with Crippen molar-refractivity contribution in [2.24, 2.45) is 0 Å². The predicted octanol–water partition coefficient (Wildman–Crippen LogP) is 5.73. The van der Waals surface area contributed by atoms with Crippen LogP contribution in [0.2, 0.25) is 5.02 Å². The molecule has 0 aliphatic carbocycles. The van der Waals surface area contributed by atoms with Gasteiger partial charge in [-0.25, -0.2) is 35.3 Å². The lowest BCUT2D eigenvalue weighted by Crippen LogP contribution is -2.48. The molecule has 234 valence electrons. The van der Waals surface area contributed by atoms with Gasteiger partial charge in [-0.15, -0.1) is 0 Å². The Kier molecular flexibility index (Phi) is 9.62. The van der Waals surface area contributed by atoms with E-state index in [0.717, 1.165) is 12.1 Å². The first kappa shape index (κ1) is 32.6. The van der Waals surface area contributed by atoms with Crippen LogP contribution in [-0.2, 0) is 16.6 Å². The van der Waals surface area contributed by atoms with Gasteiger partial charge in [0.05, 0.1) is 33.0 Å². The van der Waals surface area contributed by atoms with Crippen LogP contribution in [0.5, 0.6) is 11.5 Å². The smallest absolute Gasteiger partial charge is 0.271 e. The zero-order valence-electron chi connectivity index (χ0n) is 23.8. The van der Waals surface area contributed by atoms with Crippen molar-refractivity contribution in [1.82, 2.24) is 9.88 Å². The van der Waals surface area contributed by atoms with Crippen LogP contribution < -0.4 is 18.7 Å². The molecule has 1 aliphatic heterocycles. The molecule has 0 radical (unpaired) electrons. The van der Waals surface area contributed by atoms with Crippen LogP contribution in [0.25, 0.3) is 0 Å². The molecule has 1 fully saturated rings. The Labute approximate surface area is 251 Å². The molecule has 1 atom stereocenters. The molecule has 1 saturated heterocycles. The van der Waals surface area contributed by atoms with E-state index in [4.69, 9.17) is 21.1 Å². The topological polar surface area (TPSA) is 75.2 Å². The third-order valence-corrected chi connectivity index (χ3v) is 9.68. The van der Waals surface area contributed by atoms with E-state index in [9.17, 15) is 21.6 Å². The molecule has 2 heterocycles. The summed E-state index contributed by atoms with van der Waals surface area (Å²) in [5.74, 6) is -3.89. The number of alkyl halides is 2. The van der Waals surface area contributed by atoms with Gasteiger partial charge >= 0.3 is 0 Å². The zero-order chi connectivity index (χ0) is 31.7. The van der Waals surface area contributed by atoms with Gasteiger partial charge in [0.1, 0.15) is 28.2 Å². The van der Waals surface area contributed by atoms with Gasteiger partial charge in [0.2, 0.25) is 5.95 Å². The van der Waals surface area contributed by atoms with E-state index in [2.05, 4.69) is 4.98 Å². The summed E-state index contributed by atoms with van der Waals surface area (Å²) in [5, 5.41) is -0.671. The highest BCUT2D eigenvalue weighted by atomic mass is 35.5. The van der Waals surface area contributed by atoms with Crippen LogP contribution in [0.4, 0.5) is 33.5 Å². The molecule has 0 amide bonds. The largest absolute Gasteiger partial charge is 0.497 e. The second-order valence-corrected chi connectivity index (χ2v) is 12.5. The van der Waals surface area contributed by atoms with Crippen molar-refractivity contribution in [3.63, 3.8) is 0 Å². The van der Waals surface area contributed by atoms with Gasteiger partial charge < -0.3 is 14.4 Å². The molecule has 3 aromatic rings. The minimum atomic E-state index is -5.11. The normalized spacial score (nSPS) is 17.2. The molecular weight excluding hydrogens is 619 g/mol. The molecule has 2 aromatic carbocycles. The Morgan fingerprint density at radius 3 is 2.47 bits per heavy atom. The summed E-state index contributed by atoms with van der Waals surface area (Å²) in [6, 6.07) is 8.64. The van der Waals surface area contributed by atoms with Crippen molar-refractivity contribution in [2.75, 3.05) is 50.1 Å². The lowest BCUT2D eigenvalue weighted by molar-refractivity contribution is 0.0533. The van der Waals surface area contributed by atoms with E-state index < -0.39 is 68.4 Å². The molecule has 4 rings (SSSR count). The zero-order valence-corrected chi connectivity index (χ0v) is 25.3. The SMILES string of the molecule is COc1ccc(CN(c2cccc(F)n2)S(=O)(=O)c2c(F)cc(N3CC[C@@](C)(N(C)CC(F)F)C3)c(Cl)c2F)c(OC)c1. The summed E-state index contributed by atoms with van der Waals surface area (Å²) < 4.78 is 111. The van der Waals surface area contributed by atoms with Crippen LogP contribution in [0.15, 0.2) is 47.4 Å². The van der Waals surface area contributed by atoms with Crippen LogP contribution in [0, 0.1) is 17.6 Å². The molecule has 1 aliphatic rings. The highest BCUT2D eigenvalue weighted by Gasteiger charge is 2.41. The van der Waals surface area contributed by atoms with Crippen LogP contribution in [0.3, 0.4) is 0 Å². The Hall–Kier alpha value is -3.36. The van der Waals surface area contributed by atoms with E-state index in [1.807, 2.05) is 0 Å². The van der Waals surface area contributed by atoms with E-state index in [-0.39, 0.29) is 30.1 Å². The number of aromatic nitrogens is 1. The Morgan fingerprint density at radius 1 is 1.12 bits per heavy atom. The molecule has 0 bridgehead atoms. The van der Waals surface area contributed by atoms with E-state index in [0.29, 0.717) is 16.5 Å². The Morgan fingerprint density at radius 2 is 1.84 bits per heavy atom. The average molecular weight is 649 g/mol. The van der Waals surface area contributed by atoms with Gasteiger partial charge in [0.15, 0.2) is 10.7 Å². The monoisotopic (exact) mass is 648 g/mol. The Bertz CT molecular complexity index is 1600. The highest BCUT2D eigenvalue weighted by molar-refractivity contribution is 7.92. The van der Waals surface area contributed by atoms with E-state index >= 15 is 8.78 Å².